The zero-order valence-corrected chi connectivity index (χ0v) is 13.1. The van der Waals surface area contributed by atoms with Gasteiger partial charge >= 0.3 is 0 Å². The molecule has 0 aliphatic heterocycles. The van der Waals surface area contributed by atoms with Gasteiger partial charge in [-0.2, -0.15) is 0 Å². The fourth-order valence-electron chi connectivity index (χ4n) is 1.79. The van der Waals surface area contributed by atoms with Gasteiger partial charge in [0, 0.05) is 18.6 Å². The summed E-state index contributed by atoms with van der Waals surface area (Å²) in [5.74, 6) is 0. The molecule has 0 aliphatic carbocycles. The van der Waals surface area contributed by atoms with Crippen LogP contribution in [-0.2, 0) is 0 Å². The van der Waals surface area contributed by atoms with Crippen LogP contribution >= 0.6 is 11.6 Å². The molecule has 1 N–H and O–H groups in total. The van der Waals surface area contributed by atoms with Crippen LogP contribution in [0.15, 0.2) is 18.2 Å². The van der Waals surface area contributed by atoms with Crippen molar-refractivity contribution in [2.24, 2.45) is 0 Å². The summed E-state index contributed by atoms with van der Waals surface area (Å²) in [7, 11) is 4.06. The number of hydrogen-bond donors (Lipinski definition) is 1. The monoisotopic (exact) mass is 268 g/mol. The van der Waals surface area contributed by atoms with Crippen molar-refractivity contribution in [3.8, 4) is 0 Å². The second-order valence-corrected chi connectivity index (χ2v) is 5.85. The highest BCUT2D eigenvalue weighted by Gasteiger charge is 2.23. The van der Waals surface area contributed by atoms with Crippen molar-refractivity contribution in [2.75, 3.05) is 19.0 Å². The maximum absolute atomic E-state index is 6.42. The molecule has 3 heteroatoms. The van der Waals surface area contributed by atoms with Crippen molar-refractivity contribution >= 4 is 17.3 Å². The average Bonchev–Trinajstić information content (AvgIpc) is 2.36. The molecule has 1 atom stereocenters. The maximum Gasteiger partial charge on any atom is 0.0642 e. The Bertz CT molecular complexity index is 401. The number of rotatable bonds is 5. The van der Waals surface area contributed by atoms with Crippen LogP contribution < -0.4 is 10.2 Å². The number of nitrogens with zero attached hydrogens (tertiary/aromatic N) is 1. The van der Waals surface area contributed by atoms with E-state index in [9.17, 15) is 0 Å². The summed E-state index contributed by atoms with van der Waals surface area (Å²) in [6.07, 6.45) is 1.08. The quantitative estimate of drug-likeness (QED) is 0.859. The summed E-state index contributed by atoms with van der Waals surface area (Å²) in [5.41, 5.74) is 2.42. The Kier molecular flexibility index (Phi) is 5.06. The van der Waals surface area contributed by atoms with Crippen LogP contribution in [0.1, 0.15) is 45.7 Å². The minimum Gasteiger partial charge on any atom is -0.368 e. The van der Waals surface area contributed by atoms with Gasteiger partial charge in [0.15, 0.2) is 0 Å². The van der Waals surface area contributed by atoms with Crippen molar-refractivity contribution < 1.29 is 0 Å². The Labute approximate surface area is 116 Å². The average molecular weight is 269 g/mol. The Balaban J connectivity index is 3.06. The molecule has 0 amide bonds. The van der Waals surface area contributed by atoms with E-state index in [0.717, 1.165) is 17.1 Å². The number of halogens is 1. The third kappa shape index (κ3) is 3.18. The highest BCUT2D eigenvalue weighted by Crippen LogP contribution is 2.33. The normalized spacial score (nSPS) is 13.5. The number of benzene rings is 1. The van der Waals surface area contributed by atoms with Crippen LogP contribution in [0.3, 0.4) is 0 Å². The van der Waals surface area contributed by atoms with Crippen LogP contribution in [0.25, 0.3) is 0 Å². The largest absolute Gasteiger partial charge is 0.368 e. The van der Waals surface area contributed by atoms with Crippen molar-refractivity contribution in [2.45, 2.75) is 45.7 Å². The number of nitrogens with one attached hydrogen (secondary N) is 1. The van der Waals surface area contributed by atoms with Crippen molar-refractivity contribution in [1.82, 2.24) is 5.32 Å². The van der Waals surface area contributed by atoms with Gasteiger partial charge < -0.3 is 10.2 Å². The van der Waals surface area contributed by atoms with Gasteiger partial charge in [-0.05, 0) is 51.9 Å². The second-order valence-electron chi connectivity index (χ2n) is 5.45. The lowest BCUT2D eigenvalue weighted by atomic mass is 9.98. The van der Waals surface area contributed by atoms with Crippen LogP contribution in [0.2, 0.25) is 5.02 Å². The Hall–Kier alpha value is -0.730. The summed E-state index contributed by atoms with van der Waals surface area (Å²) in [6.45, 7) is 8.79. The minimum absolute atomic E-state index is 0.111. The van der Waals surface area contributed by atoms with Gasteiger partial charge in [0.05, 0.1) is 10.7 Å². The maximum atomic E-state index is 6.42. The lowest BCUT2D eigenvalue weighted by molar-refractivity contribution is 0.471. The predicted molar refractivity (Wildman–Crippen MR) is 81.7 cm³/mol. The predicted octanol–water partition coefficient (Wildman–Crippen LogP) is 4.25. The Morgan fingerprint density at radius 3 is 2.44 bits per heavy atom. The van der Waals surface area contributed by atoms with E-state index in [0.29, 0.717) is 6.04 Å². The van der Waals surface area contributed by atoms with E-state index in [2.05, 4.69) is 63.2 Å². The molecule has 0 aliphatic rings. The van der Waals surface area contributed by atoms with Crippen LogP contribution in [0, 0.1) is 0 Å². The number of anilines is 1. The van der Waals surface area contributed by atoms with E-state index >= 15 is 0 Å². The summed E-state index contributed by atoms with van der Waals surface area (Å²) in [4.78, 5) is 2.25. The standard InChI is InChI=1S/C15H25ClN2/c1-7-15(3,4)18(6)14-9-8-12(10-13(14)16)11(2)17-5/h8-11,17H,7H2,1-6H3. The zero-order chi connectivity index (χ0) is 13.9. The molecule has 0 saturated carbocycles. The fraction of sp³-hybridized carbons (Fsp3) is 0.600. The molecule has 1 rings (SSSR count). The number of hydrogen-bond acceptors (Lipinski definition) is 2. The third-order valence-electron chi connectivity index (χ3n) is 4.04. The zero-order valence-electron chi connectivity index (χ0n) is 12.3. The summed E-state index contributed by atoms with van der Waals surface area (Å²) >= 11 is 6.42. The van der Waals surface area contributed by atoms with Crippen LogP contribution in [0.4, 0.5) is 5.69 Å². The van der Waals surface area contributed by atoms with Gasteiger partial charge in [0.1, 0.15) is 0 Å². The van der Waals surface area contributed by atoms with Gasteiger partial charge in [0.25, 0.3) is 0 Å². The fourth-order valence-corrected chi connectivity index (χ4v) is 2.11. The Morgan fingerprint density at radius 2 is 2.00 bits per heavy atom. The van der Waals surface area contributed by atoms with Gasteiger partial charge in [-0.3, -0.25) is 0 Å². The van der Waals surface area contributed by atoms with Crippen molar-refractivity contribution in [1.29, 1.82) is 0 Å². The lowest BCUT2D eigenvalue weighted by Crippen LogP contribution is -2.40. The van der Waals surface area contributed by atoms with E-state index in [1.807, 2.05) is 7.05 Å². The summed E-state index contributed by atoms with van der Waals surface area (Å²) in [5, 5.41) is 4.04. The molecule has 0 saturated heterocycles. The SMILES string of the molecule is CCC(C)(C)N(C)c1ccc(C(C)NC)cc1Cl. The molecule has 0 bridgehead atoms. The van der Waals surface area contributed by atoms with Gasteiger partial charge in [-0.15, -0.1) is 0 Å². The van der Waals surface area contributed by atoms with Crippen molar-refractivity contribution in [3.05, 3.63) is 28.8 Å². The van der Waals surface area contributed by atoms with Gasteiger partial charge in [-0.25, -0.2) is 0 Å². The van der Waals surface area contributed by atoms with Gasteiger partial charge in [-0.1, -0.05) is 24.6 Å². The first-order chi connectivity index (χ1) is 8.33. The van der Waals surface area contributed by atoms with E-state index in [1.54, 1.807) is 0 Å². The minimum atomic E-state index is 0.111. The molecule has 18 heavy (non-hydrogen) atoms. The molecule has 2 nitrogen and oxygen atoms in total. The summed E-state index contributed by atoms with van der Waals surface area (Å²) in [6, 6.07) is 6.63. The van der Waals surface area contributed by atoms with Gasteiger partial charge in [0.2, 0.25) is 0 Å². The molecule has 0 aromatic heterocycles. The molecule has 0 spiro atoms. The first-order valence-electron chi connectivity index (χ1n) is 6.54. The van der Waals surface area contributed by atoms with Crippen molar-refractivity contribution in [3.63, 3.8) is 0 Å². The van der Waals surface area contributed by atoms with E-state index in [4.69, 9.17) is 11.6 Å². The highest BCUT2D eigenvalue weighted by molar-refractivity contribution is 6.33. The van der Waals surface area contributed by atoms with E-state index in [-0.39, 0.29) is 5.54 Å². The van der Waals surface area contributed by atoms with E-state index < -0.39 is 0 Å². The first kappa shape index (κ1) is 15.3. The molecule has 0 radical (unpaired) electrons. The molecular formula is C15H25ClN2. The molecule has 0 heterocycles. The van der Waals surface area contributed by atoms with Crippen LogP contribution in [-0.4, -0.2) is 19.6 Å². The van der Waals surface area contributed by atoms with Crippen LogP contribution in [0.5, 0.6) is 0 Å². The molecule has 102 valence electrons. The first-order valence-corrected chi connectivity index (χ1v) is 6.91. The van der Waals surface area contributed by atoms with E-state index in [1.165, 1.54) is 5.56 Å². The molecule has 1 unspecified atom stereocenters. The second kappa shape index (κ2) is 5.94. The third-order valence-corrected chi connectivity index (χ3v) is 4.34. The molecule has 0 fully saturated rings. The lowest BCUT2D eigenvalue weighted by Gasteiger charge is -2.37. The summed E-state index contributed by atoms with van der Waals surface area (Å²) < 4.78 is 0. The molecular weight excluding hydrogens is 244 g/mol. The topological polar surface area (TPSA) is 15.3 Å². The molecule has 1 aromatic carbocycles. The highest BCUT2D eigenvalue weighted by atomic mass is 35.5. The smallest absolute Gasteiger partial charge is 0.0642 e. The molecule has 1 aromatic rings. The Morgan fingerprint density at radius 1 is 1.39 bits per heavy atom.